The largest absolute Gasteiger partial charge is 0.360 e. The lowest BCUT2D eigenvalue weighted by Crippen LogP contribution is -2.60. The van der Waals surface area contributed by atoms with E-state index < -0.39 is 0 Å². The summed E-state index contributed by atoms with van der Waals surface area (Å²) in [6.45, 7) is 7.75. The van der Waals surface area contributed by atoms with Crippen LogP contribution in [0.15, 0.2) is 10.6 Å². The second kappa shape index (κ2) is 6.69. The molecule has 1 aromatic rings. The molecule has 0 spiro atoms. The topological polar surface area (TPSA) is 70.4 Å². The Kier molecular flexibility index (Phi) is 5.11. The van der Waals surface area contributed by atoms with Gasteiger partial charge in [-0.25, -0.2) is 4.79 Å². The van der Waals surface area contributed by atoms with E-state index in [4.69, 9.17) is 4.52 Å². The summed E-state index contributed by atoms with van der Waals surface area (Å²) in [5.74, 6) is 1.41. The molecule has 2 amide bonds. The zero-order valence-electron chi connectivity index (χ0n) is 14.3. The van der Waals surface area contributed by atoms with E-state index >= 15 is 0 Å². The lowest BCUT2D eigenvalue weighted by molar-refractivity contribution is 0.0201. The van der Waals surface area contributed by atoms with Crippen molar-refractivity contribution in [3.8, 4) is 0 Å². The summed E-state index contributed by atoms with van der Waals surface area (Å²) in [6.07, 6.45) is 1.89. The number of nitrogens with one attached hydrogen (secondary N) is 2. The SMILES string of the molecule is CCNC(=O)NC1CC(Cc2cc(CN(C)C)on2)C1(C)C. The van der Waals surface area contributed by atoms with E-state index in [0.29, 0.717) is 12.5 Å². The number of aromatic nitrogens is 1. The average Bonchev–Trinajstić information content (AvgIpc) is 2.84. The van der Waals surface area contributed by atoms with E-state index in [2.05, 4.69) is 34.5 Å². The van der Waals surface area contributed by atoms with Gasteiger partial charge in [0.15, 0.2) is 5.76 Å². The molecule has 0 radical (unpaired) electrons. The van der Waals surface area contributed by atoms with Crippen molar-refractivity contribution < 1.29 is 9.32 Å². The smallest absolute Gasteiger partial charge is 0.315 e. The fourth-order valence-corrected chi connectivity index (χ4v) is 3.07. The van der Waals surface area contributed by atoms with Gasteiger partial charge in [0, 0.05) is 18.7 Å². The summed E-state index contributed by atoms with van der Waals surface area (Å²) in [7, 11) is 4.02. The van der Waals surface area contributed by atoms with Crippen LogP contribution < -0.4 is 10.6 Å². The van der Waals surface area contributed by atoms with Crippen molar-refractivity contribution in [2.45, 2.75) is 46.2 Å². The Balaban J connectivity index is 1.87. The van der Waals surface area contributed by atoms with Crippen LogP contribution in [0.5, 0.6) is 0 Å². The second-order valence-corrected chi connectivity index (χ2v) is 7.04. The second-order valence-electron chi connectivity index (χ2n) is 7.04. The fourth-order valence-electron chi connectivity index (χ4n) is 3.07. The lowest BCUT2D eigenvalue weighted by Gasteiger charge is -2.52. The maximum absolute atomic E-state index is 11.7. The average molecular weight is 308 g/mol. The van der Waals surface area contributed by atoms with Crippen LogP contribution in [0.1, 0.15) is 38.6 Å². The summed E-state index contributed by atoms with van der Waals surface area (Å²) < 4.78 is 5.37. The molecule has 0 aliphatic heterocycles. The number of hydrogen-bond donors (Lipinski definition) is 2. The lowest BCUT2D eigenvalue weighted by atomic mass is 9.57. The van der Waals surface area contributed by atoms with Gasteiger partial charge >= 0.3 is 6.03 Å². The minimum atomic E-state index is -0.0752. The van der Waals surface area contributed by atoms with Gasteiger partial charge in [-0.1, -0.05) is 19.0 Å². The van der Waals surface area contributed by atoms with Gasteiger partial charge in [-0.15, -0.1) is 0 Å². The van der Waals surface area contributed by atoms with Crippen molar-refractivity contribution >= 4 is 6.03 Å². The van der Waals surface area contributed by atoms with Crippen LogP contribution in [-0.4, -0.2) is 42.8 Å². The molecular formula is C16H28N4O2. The Morgan fingerprint density at radius 1 is 1.50 bits per heavy atom. The number of urea groups is 1. The zero-order valence-corrected chi connectivity index (χ0v) is 14.3. The van der Waals surface area contributed by atoms with Gasteiger partial charge in [-0.05, 0) is 45.2 Å². The third-order valence-electron chi connectivity index (χ3n) is 4.65. The number of carbonyl (C=O) groups is 1. The van der Waals surface area contributed by atoms with Gasteiger partial charge in [-0.2, -0.15) is 0 Å². The molecule has 1 aliphatic carbocycles. The number of amides is 2. The Bertz CT molecular complexity index is 510. The van der Waals surface area contributed by atoms with Crippen LogP contribution >= 0.6 is 0 Å². The van der Waals surface area contributed by atoms with Crippen LogP contribution in [0.25, 0.3) is 0 Å². The highest BCUT2D eigenvalue weighted by atomic mass is 16.5. The van der Waals surface area contributed by atoms with Crippen LogP contribution in [-0.2, 0) is 13.0 Å². The first-order valence-electron chi connectivity index (χ1n) is 7.96. The van der Waals surface area contributed by atoms with Crippen LogP contribution in [0.3, 0.4) is 0 Å². The molecular weight excluding hydrogens is 280 g/mol. The number of nitrogens with zero attached hydrogens (tertiary/aromatic N) is 2. The molecule has 124 valence electrons. The maximum Gasteiger partial charge on any atom is 0.315 e. The maximum atomic E-state index is 11.7. The monoisotopic (exact) mass is 308 g/mol. The van der Waals surface area contributed by atoms with Gasteiger partial charge in [0.1, 0.15) is 0 Å². The highest BCUT2D eigenvalue weighted by Gasteiger charge is 2.48. The Labute approximate surface area is 132 Å². The van der Waals surface area contributed by atoms with E-state index in [-0.39, 0.29) is 17.5 Å². The van der Waals surface area contributed by atoms with Crippen molar-refractivity contribution in [3.63, 3.8) is 0 Å². The summed E-state index contributed by atoms with van der Waals surface area (Å²) in [4.78, 5) is 13.7. The predicted molar refractivity (Wildman–Crippen MR) is 85.5 cm³/mol. The molecule has 2 rings (SSSR count). The van der Waals surface area contributed by atoms with Crippen LogP contribution in [0.4, 0.5) is 4.79 Å². The molecule has 22 heavy (non-hydrogen) atoms. The van der Waals surface area contributed by atoms with Gasteiger partial charge in [0.05, 0.1) is 12.2 Å². The number of hydrogen-bond acceptors (Lipinski definition) is 4. The predicted octanol–water partition coefficient (Wildman–Crippen LogP) is 2.01. The van der Waals surface area contributed by atoms with Crippen molar-refractivity contribution in [1.82, 2.24) is 20.7 Å². The summed E-state index contributed by atoms with van der Waals surface area (Å²) >= 11 is 0. The van der Waals surface area contributed by atoms with E-state index in [1.807, 2.05) is 27.1 Å². The molecule has 1 aromatic heterocycles. The van der Waals surface area contributed by atoms with E-state index in [1.54, 1.807) is 0 Å². The van der Waals surface area contributed by atoms with Gasteiger partial charge in [0.2, 0.25) is 0 Å². The summed E-state index contributed by atoms with van der Waals surface area (Å²) in [6, 6.07) is 2.19. The first-order valence-corrected chi connectivity index (χ1v) is 7.96. The first kappa shape index (κ1) is 16.8. The fraction of sp³-hybridized carbons (Fsp3) is 0.750. The third-order valence-corrected chi connectivity index (χ3v) is 4.65. The quantitative estimate of drug-likeness (QED) is 0.843. The molecule has 1 saturated carbocycles. The Hall–Kier alpha value is -1.56. The summed E-state index contributed by atoms with van der Waals surface area (Å²) in [5.41, 5.74) is 1.08. The molecule has 1 aliphatic rings. The molecule has 1 fully saturated rings. The molecule has 2 unspecified atom stereocenters. The molecule has 6 nitrogen and oxygen atoms in total. The van der Waals surface area contributed by atoms with E-state index in [9.17, 15) is 4.79 Å². The minimum absolute atomic E-state index is 0.0751. The van der Waals surface area contributed by atoms with E-state index in [1.165, 1.54) is 0 Å². The molecule has 1 heterocycles. The van der Waals surface area contributed by atoms with Crippen molar-refractivity contribution in [3.05, 3.63) is 17.5 Å². The van der Waals surface area contributed by atoms with Crippen molar-refractivity contribution in [2.24, 2.45) is 11.3 Å². The Morgan fingerprint density at radius 2 is 2.23 bits per heavy atom. The molecule has 2 atom stereocenters. The van der Waals surface area contributed by atoms with Crippen molar-refractivity contribution in [1.29, 1.82) is 0 Å². The highest BCUT2D eigenvalue weighted by molar-refractivity contribution is 5.74. The Morgan fingerprint density at radius 3 is 2.82 bits per heavy atom. The van der Waals surface area contributed by atoms with Gasteiger partial charge in [-0.3, -0.25) is 0 Å². The first-order chi connectivity index (χ1) is 10.3. The molecule has 0 bridgehead atoms. The molecule has 0 aromatic carbocycles. The van der Waals surface area contributed by atoms with Gasteiger partial charge in [0.25, 0.3) is 0 Å². The standard InChI is InChI=1S/C16H28N4O2/c1-6-17-15(21)18-14-8-11(16(14,2)3)7-12-9-13(22-19-12)10-20(4)5/h9,11,14H,6-8,10H2,1-5H3,(H2,17,18,21). The van der Waals surface area contributed by atoms with Gasteiger partial charge < -0.3 is 20.1 Å². The molecule has 2 N–H and O–H groups in total. The highest BCUT2D eigenvalue weighted by Crippen LogP contribution is 2.47. The summed E-state index contributed by atoms with van der Waals surface area (Å²) in [5, 5.41) is 10.0. The zero-order chi connectivity index (χ0) is 16.3. The molecule has 6 heteroatoms. The number of carbonyl (C=O) groups excluding carboxylic acids is 1. The third kappa shape index (κ3) is 3.80. The molecule has 0 saturated heterocycles. The van der Waals surface area contributed by atoms with Crippen LogP contribution in [0, 0.1) is 11.3 Å². The van der Waals surface area contributed by atoms with E-state index in [0.717, 1.165) is 30.8 Å². The van der Waals surface area contributed by atoms with Crippen molar-refractivity contribution in [2.75, 3.05) is 20.6 Å². The van der Waals surface area contributed by atoms with Crippen LogP contribution in [0.2, 0.25) is 0 Å². The normalized spacial score (nSPS) is 23.2. The number of rotatable bonds is 6. The minimum Gasteiger partial charge on any atom is -0.360 e.